The van der Waals surface area contributed by atoms with Crippen LogP contribution < -0.4 is 15.2 Å². The molecule has 94 valence electrons. The molecule has 0 radical (unpaired) electrons. The fraction of sp³-hybridized carbons (Fsp3) is 0.538. The maximum atomic E-state index is 5.85. The summed E-state index contributed by atoms with van der Waals surface area (Å²) in [6.07, 6.45) is 0.913. The van der Waals surface area contributed by atoms with E-state index in [4.69, 9.17) is 15.2 Å². The molecule has 1 heterocycles. The van der Waals surface area contributed by atoms with Gasteiger partial charge in [0.15, 0.2) is 11.5 Å². The largest absolute Gasteiger partial charge is 0.489 e. The average Bonchev–Trinajstić information content (AvgIpc) is 2.53. The van der Waals surface area contributed by atoms with E-state index >= 15 is 0 Å². The molecule has 0 bridgehead atoms. The molecule has 2 N–H and O–H groups in total. The topological polar surface area (TPSA) is 44.5 Å². The van der Waals surface area contributed by atoms with Crippen molar-refractivity contribution in [3.8, 4) is 11.5 Å². The minimum absolute atomic E-state index is 0.372. The van der Waals surface area contributed by atoms with Crippen LogP contribution >= 0.6 is 15.9 Å². The Kier molecular flexibility index (Phi) is 3.94. The number of hydrogen-bond acceptors (Lipinski definition) is 3. The van der Waals surface area contributed by atoms with Crippen molar-refractivity contribution in [2.45, 2.75) is 32.7 Å². The Balaban J connectivity index is 2.62. The highest BCUT2D eigenvalue weighted by molar-refractivity contribution is 9.10. The third kappa shape index (κ3) is 2.43. The molecule has 0 saturated heterocycles. The highest BCUT2D eigenvalue weighted by Crippen LogP contribution is 2.44. The van der Waals surface area contributed by atoms with Crippen LogP contribution in [-0.2, 0) is 6.54 Å². The van der Waals surface area contributed by atoms with Gasteiger partial charge in [0.2, 0.25) is 0 Å². The van der Waals surface area contributed by atoms with Crippen molar-refractivity contribution >= 4 is 15.9 Å². The minimum atomic E-state index is 0.372. The number of halogens is 1. The second-order valence-electron chi connectivity index (χ2n) is 4.50. The lowest BCUT2D eigenvalue weighted by Gasteiger charge is -2.20. The first-order valence-corrected chi connectivity index (χ1v) is 6.75. The molecule has 1 aliphatic rings. The molecule has 0 aliphatic carbocycles. The Labute approximate surface area is 110 Å². The van der Waals surface area contributed by atoms with Crippen LogP contribution in [0.3, 0.4) is 0 Å². The molecule has 0 aromatic heterocycles. The first kappa shape index (κ1) is 12.7. The van der Waals surface area contributed by atoms with Crippen molar-refractivity contribution in [3.05, 3.63) is 21.7 Å². The molecule has 0 spiro atoms. The SMILES string of the molecule is CC(C)c1c(CN)cc(Br)c2c1OCCCO2. The van der Waals surface area contributed by atoms with Gasteiger partial charge in [-0.1, -0.05) is 13.8 Å². The summed E-state index contributed by atoms with van der Waals surface area (Å²) >= 11 is 3.53. The predicted molar refractivity (Wildman–Crippen MR) is 71.7 cm³/mol. The summed E-state index contributed by atoms with van der Waals surface area (Å²) in [5.74, 6) is 2.06. The van der Waals surface area contributed by atoms with E-state index in [1.54, 1.807) is 0 Å². The van der Waals surface area contributed by atoms with E-state index in [0.29, 0.717) is 25.7 Å². The van der Waals surface area contributed by atoms with Crippen molar-refractivity contribution in [2.75, 3.05) is 13.2 Å². The lowest BCUT2D eigenvalue weighted by atomic mass is 9.95. The van der Waals surface area contributed by atoms with E-state index < -0.39 is 0 Å². The molecular weight excluding hydrogens is 282 g/mol. The van der Waals surface area contributed by atoms with Gasteiger partial charge in [-0.15, -0.1) is 0 Å². The van der Waals surface area contributed by atoms with Gasteiger partial charge < -0.3 is 15.2 Å². The van der Waals surface area contributed by atoms with Crippen LogP contribution in [0.4, 0.5) is 0 Å². The Bertz CT molecular complexity index is 418. The van der Waals surface area contributed by atoms with Crippen molar-refractivity contribution < 1.29 is 9.47 Å². The second-order valence-corrected chi connectivity index (χ2v) is 5.35. The fourth-order valence-corrected chi connectivity index (χ4v) is 2.73. The molecule has 2 rings (SSSR count). The van der Waals surface area contributed by atoms with Crippen molar-refractivity contribution in [3.63, 3.8) is 0 Å². The molecule has 1 aliphatic heterocycles. The summed E-state index contributed by atoms with van der Waals surface area (Å²) < 4.78 is 12.5. The number of hydrogen-bond donors (Lipinski definition) is 1. The van der Waals surface area contributed by atoms with E-state index in [-0.39, 0.29) is 0 Å². The van der Waals surface area contributed by atoms with Gasteiger partial charge >= 0.3 is 0 Å². The normalized spacial score (nSPS) is 14.9. The van der Waals surface area contributed by atoms with Crippen LogP contribution in [-0.4, -0.2) is 13.2 Å². The zero-order chi connectivity index (χ0) is 12.4. The quantitative estimate of drug-likeness (QED) is 0.912. The van der Waals surface area contributed by atoms with Gasteiger partial charge in [0.25, 0.3) is 0 Å². The molecule has 1 aromatic rings. The predicted octanol–water partition coefficient (Wildman–Crippen LogP) is 3.19. The Morgan fingerprint density at radius 2 is 1.94 bits per heavy atom. The number of rotatable bonds is 2. The summed E-state index contributed by atoms with van der Waals surface area (Å²) in [6.45, 7) is 6.22. The van der Waals surface area contributed by atoms with E-state index in [1.807, 2.05) is 6.07 Å². The summed E-state index contributed by atoms with van der Waals surface area (Å²) in [7, 11) is 0. The molecule has 17 heavy (non-hydrogen) atoms. The van der Waals surface area contributed by atoms with E-state index in [2.05, 4.69) is 29.8 Å². The molecule has 0 atom stereocenters. The zero-order valence-corrected chi connectivity index (χ0v) is 11.8. The summed E-state index contributed by atoms with van der Waals surface area (Å²) in [4.78, 5) is 0. The minimum Gasteiger partial charge on any atom is -0.489 e. The third-order valence-corrected chi connectivity index (χ3v) is 3.48. The van der Waals surface area contributed by atoms with Gasteiger partial charge in [0, 0.05) is 18.5 Å². The van der Waals surface area contributed by atoms with Crippen LogP contribution in [0.1, 0.15) is 37.3 Å². The summed E-state index contributed by atoms with van der Waals surface area (Å²) in [5.41, 5.74) is 8.11. The lowest BCUT2D eigenvalue weighted by Crippen LogP contribution is -2.07. The highest BCUT2D eigenvalue weighted by atomic mass is 79.9. The molecule has 3 nitrogen and oxygen atoms in total. The molecule has 1 aromatic carbocycles. The highest BCUT2D eigenvalue weighted by Gasteiger charge is 2.22. The van der Waals surface area contributed by atoms with Crippen LogP contribution in [0.5, 0.6) is 11.5 Å². The molecule has 0 amide bonds. The van der Waals surface area contributed by atoms with Crippen LogP contribution in [0.2, 0.25) is 0 Å². The zero-order valence-electron chi connectivity index (χ0n) is 10.3. The van der Waals surface area contributed by atoms with Crippen molar-refractivity contribution in [2.24, 2.45) is 5.73 Å². The van der Waals surface area contributed by atoms with Crippen LogP contribution in [0.25, 0.3) is 0 Å². The Hall–Kier alpha value is -0.740. The number of fused-ring (bicyclic) bond motifs is 1. The van der Waals surface area contributed by atoms with Gasteiger partial charge in [-0.05, 0) is 33.5 Å². The maximum Gasteiger partial charge on any atom is 0.175 e. The number of nitrogens with two attached hydrogens (primary N) is 1. The summed E-state index contributed by atoms with van der Waals surface area (Å²) in [5, 5.41) is 0. The monoisotopic (exact) mass is 299 g/mol. The molecule has 0 saturated carbocycles. The number of benzene rings is 1. The third-order valence-electron chi connectivity index (χ3n) is 2.89. The summed E-state index contributed by atoms with van der Waals surface area (Å²) in [6, 6.07) is 2.04. The molecular formula is C13H18BrNO2. The lowest BCUT2D eigenvalue weighted by molar-refractivity contribution is 0.295. The van der Waals surface area contributed by atoms with Gasteiger partial charge in [-0.2, -0.15) is 0 Å². The molecule has 0 unspecified atom stereocenters. The molecule has 4 heteroatoms. The van der Waals surface area contributed by atoms with Gasteiger partial charge in [-0.3, -0.25) is 0 Å². The average molecular weight is 300 g/mol. The number of ether oxygens (including phenoxy) is 2. The second kappa shape index (κ2) is 5.27. The van der Waals surface area contributed by atoms with Crippen molar-refractivity contribution in [1.82, 2.24) is 0 Å². The van der Waals surface area contributed by atoms with Crippen LogP contribution in [0.15, 0.2) is 10.5 Å². The first-order chi connectivity index (χ1) is 8.15. The van der Waals surface area contributed by atoms with Crippen LogP contribution in [0, 0.1) is 0 Å². The maximum absolute atomic E-state index is 5.85. The van der Waals surface area contributed by atoms with Crippen molar-refractivity contribution in [1.29, 1.82) is 0 Å². The van der Waals surface area contributed by atoms with Gasteiger partial charge in [-0.25, -0.2) is 0 Å². The first-order valence-electron chi connectivity index (χ1n) is 5.96. The molecule has 0 fully saturated rings. The standard InChI is InChI=1S/C13H18BrNO2/c1-8(2)11-9(7-15)6-10(14)12-13(11)17-5-3-4-16-12/h6,8H,3-5,7,15H2,1-2H3. The van der Waals surface area contributed by atoms with Gasteiger partial charge in [0.1, 0.15) is 0 Å². The Morgan fingerprint density at radius 3 is 2.53 bits per heavy atom. The smallest absolute Gasteiger partial charge is 0.175 e. The fourth-order valence-electron chi connectivity index (χ4n) is 2.16. The van der Waals surface area contributed by atoms with E-state index in [0.717, 1.165) is 28.0 Å². The van der Waals surface area contributed by atoms with E-state index in [9.17, 15) is 0 Å². The Morgan fingerprint density at radius 1 is 1.29 bits per heavy atom. The van der Waals surface area contributed by atoms with Gasteiger partial charge in [0.05, 0.1) is 17.7 Å². The van der Waals surface area contributed by atoms with E-state index in [1.165, 1.54) is 5.56 Å².